The smallest absolute Gasteiger partial charge is 0.244 e. The van der Waals surface area contributed by atoms with Crippen molar-refractivity contribution >= 4 is 21.6 Å². The lowest BCUT2D eigenvalue weighted by Gasteiger charge is -2.35. The third kappa shape index (κ3) is 5.82. The molecule has 0 aromatic heterocycles. The summed E-state index contributed by atoms with van der Waals surface area (Å²) >= 11 is 0. The Morgan fingerprint density at radius 1 is 1.00 bits per heavy atom. The van der Waals surface area contributed by atoms with Crippen LogP contribution in [0.5, 0.6) is 0 Å². The molecule has 10 heteroatoms. The van der Waals surface area contributed by atoms with Crippen LogP contribution in [0.1, 0.15) is 11.1 Å². The zero-order valence-corrected chi connectivity index (χ0v) is 20.8. The number of para-hydroxylation sites is 1. The number of hydrogen-bond acceptors (Lipinski definition) is 7. The molecule has 0 radical (unpaired) electrons. The van der Waals surface area contributed by atoms with E-state index in [1.54, 1.807) is 17.0 Å². The van der Waals surface area contributed by atoms with Crippen LogP contribution >= 0.6 is 0 Å². The Morgan fingerprint density at radius 2 is 1.66 bits per heavy atom. The van der Waals surface area contributed by atoms with Crippen molar-refractivity contribution in [1.82, 2.24) is 14.1 Å². The molecule has 35 heavy (non-hydrogen) atoms. The molecule has 0 atom stereocenters. The van der Waals surface area contributed by atoms with Crippen molar-refractivity contribution in [2.75, 3.05) is 71.0 Å². The maximum Gasteiger partial charge on any atom is 0.244 e. The fourth-order valence-electron chi connectivity index (χ4n) is 4.54. The number of nitrogens with zero attached hydrogens (tertiary/aromatic N) is 5. The van der Waals surface area contributed by atoms with E-state index in [1.807, 2.05) is 30.1 Å². The number of morpholine rings is 1. The van der Waals surface area contributed by atoms with Crippen molar-refractivity contribution in [2.45, 2.75) is 11.4 Å². The van der Waals surface area contributed by atoms with Crippen LogP contribution in [-0.4, -0.2) is 94.5 Å². The van der Waals surface area contributed by atoms with E-state index in [9.17, 15) is 18.5 Å². The van der Waals surface area contributed by atoms with Crippen LogP contribution in [0.15, 0.2) is 53.4 Å². The van der Waals surface area contributed by atoms with Gasteiger partial charge in [-0.2, -0.15) is 9.57 Å². The number of hydrogen-bond donors (Lipinski definition) is 0. The number of anilines is 1. The Hall–Kier alpha value is -2.97. The van der Waals surface area contributed by atoms with E-state index in [2.05, 4.69) is 17.0 Å². The standard InChI is InChI=1S/C25H31N5O4S/c1-27(19-22-7-2-4-8-23(22)28-14-16-34-17-15-28)20-25(31)29-10-12-30(13-11-29)35(32,33)24-9-5-3-6-21(24)18-26/h2-9H,10-17,19-20H2,1H3. The molecule has 1 amide bonds. The summed E-state index contributed by atoms with van der Waals surface area (Å²) in [7, 11) is -1.86. The van der Waals surface area contributed by atoms with Crippen molar-refractivity contribution in [3.8, 4) is 6.07 Å². The summed E-state index contributed by atoms with van der Waals surface area (Å²) in [5.41, 5.74) is 2.47. The van der Waals surface area contributed by atoms with E-state index in [1.165, 1.54) is 22.1 Å². The predicted octanol–water partition coefficient (Wildman–Crippen LogP) is 1.36. The summed E-state index contributed by atoms with van der Waals surface area (Å²) in [6, 6.07) is 16.4. The average Bonchev–Trinajstić information content (AvgIpc) is 2.89. The zero-order valence-electron chi connectivity index (χ0n) is 20.0. The second-order valence-corrected chi connectivity index (χ2v) is 10.7. The molecule has 0 N–H and O–H groups in total. The summed E-state index contributed by atoms with van der Waals surface area (Å²) in [6.45, 7) is 5.08. The molecule has 2 fully saturated rings. The molecule has 186 valence electrons. The van der Waals surface area contributed by atoms with Gasteiger partial charge in [-0.05, 0) is 30.8 Å². The molecule has 2 saturated heterocycles. The molecule has 2 aromatic carbocycles. The molecule has 0 unspecified atom stereocenters. The Morgan fingerprint density at radius 3 is 2.37 bits per heavy atom. The minimum Gasteiger partial charge on any atom is -0.378 e. The van der Waals surface area contributed by atoms with Crippen molar-refractivity contribution < 1.29 is 17.9 Å². The molecule has 2 aliphatic heterocycles. The van der Waals surface area contributed by atoms with Gasteiger partial charge in [-0.25, -0.2) is 8.42 Å². The summed E-state index contributed by atoms with van der Waals surface area (Å²) in [4.78, 5) is 19.0. The van der Waals surface area contributed by atoms with Gasteiger partial charge < -0.3 is 14.5 Å². The van der Waals surface area contributed by atoms with E-state index in [-0.39, 0.29) is 36.0 Å². The molecule has 9 nitrogen and oxygen atoms in total. The van der Waals surface area contributed by atoms with Gasteiger partial charge in [-0.15, -0.1) is 0 Å². The molecule has 2 heterocycles. The number of likely N-dealkylation sites (N-methyl/N-ethyl adjacent to an activating group) is 1. The first-order valence-electron chi connectivity index (χ1n) is 11.8. The molecule has 2 aromatic rings. The summed E-state index contributed by atoms with van der Waals surface area (Å²) in [5, 5.41) is 9.28. The minimum absolute atomic E-state index is 0.0148. The van der Waals surface area contributed by atoms with Gasteiger partial charge >= 0.3 is 0 Å². The van der Waals surface area contributed by atoms with Crippen LogP contribution in [0, 0.1) is 11.3 Å². The lowest BCUT2D eigenvalue weighted by Crippen LogP contribution is -2.52. The first kappa shape index (κ1) is 25.1. The maximum absolute atomic E-state index is 13.0. The number of piperazine rings is 1. The van der Waals surface area contributed by atoms with Crippen LogP contribution in [0.4, 0.5) is 5.69 Å². The van der Waals surface area contributed by atoms with Gasteiger partial charge in [-0.3, -0.25) is 9.69 Å². The van der Waals surface area contributed by atoms with Gasteiger partial charge in [0.2, 0.25) is 15.9 Å². The number of sulfonamides is 1. The molecular weight excluding hydrogens is 466 g/mol. The minimum atomic E-state index is -3.78. The highest BCUT2D eigenvalue weighted by molar-refractivity contribution is 7.89. The zero-order chi connectivity index (χ0) is 24.8. The highest BCUT2D eigenvalue weighted by Crippen LogP contribution is 2.23. The molecule has 0 aliphatic carbocycles. The van der Waals surface area contributed by atoms with E-state index < -0.39 is 10.0 Å². The highest BCUT2D eigenvalue weighted by Gasteiger charge is 2.31. The number of carbonyl (C=O) groups excluding carboxylic acids is 1. The maximum atomic E-state index is 13.0. The highest BCUT2D eigenvalue weighted by atomic mass is 32.2. The summed E-state index contributed by atoms with van der Waals surface area (Å²) in [6.07, 6.45) is 0. The van der Waals surface area contributed by atoms with Crippen LogP contribution in [0.25, 0.3) is 0 Å². The number of nitriles is 1. The second kappa shape index (κ2) is 11.2. The van der Waals surface area contributed by atoms with Crippen LogP contribution in [-0.2, 0) is 26.1 Å². The second-order valence-electron chi connectivity index (χ2n) is 8.79. The average molecular weight is 498 g/mol. The van der Waals surface area contributed by atoms with E-state index in [0.29, 0.717) is 32.8 Å². The van der Waals surface area contributed by atoms with Gasteiger partial charge in [-0.1, -0.05) is 30.3 Å². The fraction of sp³-hybridized carbons (Fsp3) is 0.440. The van der Waals surface area contributed by atoms with Gasteiger partial charge in [0.05, 0.1) is 30.2 Å². The Balaban J connectivity index is 1.33. The third-order valence-corrected chi connectivity index (χ3v) is 8.36. The predicted molar refractivity (Wildman–Crippen MR) is 132 cm³/mol. The van der Waals surface area contributed by atoms with Gasteiger partial charge in [0.15, 0.2) is 0 Å². The topological polar surface area (TPSA) is 97.2 Å². The third-order valence-electron chi connectivity index (χ3n) is 6.41. The number of benzene rings is 2. The van der Waals surface area contributed by atoms with Gasteiger partial charge in [0.1, 0.15) is 6.07 Å². The first-order chi connectivity index (χ1) is 16.9. The van der Waals surface area contributed by atoms with Crippen LogP contribution in [0.3, 0.4) is 0 Å². The van der Waals surface area contributed by atoms with Crippen LogP contribution < -0.4 is 4.90 Å². The fourth-order valence-corrected chi connectivity index (χ4v) is 6.10. The Labute approximate surface area is 207 Å². The Kier molecular flexibility index (Phi) is 8.03. The summed E-state index contributed by atoms with van der Waals surface area (Å²) in [5.74, 6) is -0.0224. The lowest BCUT2D eigenvalue weighted by atomic mass is 10.1. The van der Waals surface area contributed by atoms with Crippen molar-refractivity contribution in [2.24, 2.45) is 0 Å². The number of carbonyl (C=O) groups is 1. The van der Waals surface area contributed by atoms with Crippen LogP contribution in [0.2, 0.25) is 0 Å². The normalized spacial score (nSPS) is 17.4. The monoisotopic (exact) mass is 497 g/mol. The number of rotatable bonds is 7. The lowest BCUT2D eigenvalue weighted by molar-refractivity contribution is -0.133. The van der Waals surface area contributed by atoms with E-state index in [0.717, 1.165) is 18.7 Å². The SMILES string of the molecule is CN(CC(=O)N1CCN(S(=O)(=O)c2ccccc2C#N)CC1)Cc1ccccc1N1CCOCC1. The largest absolute Gasteiger partial charge is 0.378 e. The summed E-state index contributed by atoms with van der Waals surface area (Å²) < 4.78 is 32.9. The Bertz CT molecular complexity index is 1180. The first-order valence-corrected chi connectivity index (χ1v) is 13.2. The van der Waals surface area contributed by atoms with E-state index >= 15 is 0 Å². The van der Waals surface area contributed by atoms with Crippen molar-refractivity contribution in [3.63, 3.8) is 0 Å². The van der Waals surface area contributed by atoms with Gasteiger partial charge in [0.25, 0.3) is 0 Å². The van der Waals surface area contributed by atoms with Crippen molar-refractivity contribution in [1.29, 1.82) is 5.26 Å². The van der Waals surface area contributed by atoms with Crippen molar-refractivity contribution in [3.05, 3.63) is 59.7 Å². The quantitative estimate of drug-likeness (QED) is 0.570. The number of ether oxygens (including phenoxy) is 1. The van der Waals surface area contributed by atoms with E-state index in [4.69, 9.17) is 4.74 Å². The molecule has 0 spiro atoms. The van der Waals surface area contributed by atoms with Gasteiger partial charge in [0, 0.05) is 51.5 Å². The molecule has 0 saturated carbocycles. The molecule has 2 aliphatic rings. The number of amides is 1. The molecule has 4 rings (SSSR count). The molecule has 0 bridgehead atoms. The molecular formula is C25H31N5O4S.